The van der Waals surface area contributed by atoms with Crippen molar-refractivity contribution in [3.8, 4) is 0 Å². The third-order valence-corrected chi connectivity index (χ3v) is 6.54. The van der Waals surface area contributed by atoms with Crippen molar-refractivity contribution in [3.63, 3.8) is 0 Å². The first-order chi connectivity index (χ1) is 20.4. The SMILES string of the molecule is C[C@H]1NC(=O)C(Nc2ccc3c(N)nccc3c2)c2ccc(cc2)CCOC(=O)Nc2cccc1c2.O=C(O)C(F)(F)F. The third kappa shape index (κ3) is 8.12. The molecule has 2 amide bonds. The van der Waals surface area contributed by atoms with E-state index in [1.807, 2.05) is 73.7 Å². The molecule has 224 valence electrons. The van der Waals surface area contributed by atoms with Crippen LogP contribution in [0, 0.1) is 0 Å². The molecule has 0 saturated heterocycles. The van der Waals surface area contributed by atoms with Crippen molar-refractivity contribution in [2.45, 2.75) is 31.6 Å². The Morgan fingerprint density at radius 1 is 1.05 bits per heavy atom. The van der Waals surface area contributed by atoms with Crippen LogP contribution in [-0.4, -0.2) is 40.8 Å². The zero-order chi connectivity index (χ0) is 31.1. The molecule has 2 aliphatic heterocycles. The van der Waals surface area contributed by atoms with Gasteiger partial charge in [0.2, 0.25) is 5.91 Å². The van der Waals surface area contributed by atoms with Crippen LogP contribution in [0.15, 0.2) is 79.0 Å². The lowest BCUT2D eigenvalue weighted by Crippen LogP contribution is -2.35. The third-order valence-electron chi connectivity index (χ3n) is 6.54. The van der Waals surface area contributed by atoms with Crippen LogP contribution in [0.5, 0.6) is 0 Å². The number of benzene rings is 3. The van der Waals surface area contributed by atoms with Crippen molar-refractivity contribution in [3.05, 3.63) is 95.7 Å². The van der Waals surface area contributed by atoms with Gasteiger partial charge in [-0.3, -0.25) is 10.1 Å². The number of hydrogen-bond donors (Lipinski definition) is 5. The Morgan fingerprint density at radius 3 is 2.47 bits per heavy atom. The Bertz CT molecular complexity index is 1630. The summed E-state index contributed by atoms with van der Waals surface area (Å²) in [5.41, 5.74) is 10.1. The van der Waals surface area contributed by atoms with Gasteiger partial charge in [-0.1, -0.05) is 36.4 Å². The molecule has 43 heavy (non-hydrogen) atoms. The average molecular weight is 596 g/mol. The summed E-state index contributed by atoms with van der Waals surface area (Å²) in [4.78, 5) is 38.8. The maximum Gasteiger partial charge on any atom is 0.490 e. The number of carbonyl (C=O) groups is 3. The van der Waals surface area contributed by atoms with Crippen LogP contribution in [0.1, 0.15) is 35.7 Å². The maximum atomic E-state index is 13.6. The first-order valence-corrected chi connectivity index (χ1v) is 13.0. The second-order valence-corrected chi connectivity index (χ2v) is 9.62. The van der Waals surface area contributed by atoms with E-state index in [1.54, 1.807) is 12.3 Å². The molecule has 10 nitrogen and oxygen atoms in total. The molecule has 6 N–H and O–H groups in total. The molecule has 6 rings (SSSR count). The van der Waals surface area contributed by atoms with E-state index in [9.17, 15) is 22.8 Å². The van der Waals surface area contributed by atoms with Crippen LogP contribution in [0.4, 0.5) is 35.2 Å². The summed E-state index contributed by atoms with van der Waals surface area (Å²) in [5.74, 6) is -2.46. The molecule has 1 unspecified atom stereocenters. The number of nitrogens with one attached hydrogen (secondary N) is 3. The number of nitrogen functional groups attached to an aromatic ring is 1. The Morgan fingerprint density at radius 2 is 1.77 bits per heavy atom. The Balaban J connectivity index is 0.000000541. The van der Waals surface area contributed by atoms with Gasteiger partial charge in [0.25, 0.3) is 0 Å². The van der Waals surface area contributed by atoms with E-state index in [-0.39, 0.29) is 18.6 Å². The number of hydrogen-bond acceptors (Lipinski definition) is 7. The Kier molecular flexibility index (Phi) is 9.33. The normalized spacial score (nSPS) is 17.1. The van der Waals surface area contributed by atoms with Crippen LogP contribution in [0.2, 0.25) is 0 Å². The minimum absolute atomic E-state index is 0.172. The van der Waals surface area contributed by atoms with Crippen LogP contribution >= 0.6 is 0 Å². The molecule has 0 fully saturated rings. The van der Waals surface area contributed by atoms with Gasteiger partial charge in [0, 0.05) is 29.4 Å². The van der Waals surface area contributed by atoms with E-state index in [2.05, 4.69) is 20.9 Å². The van der Waals surface area contributed by atoms with Crippen molar-refractivity contribution < 1.29 is 37.4 Å². The number of amides is 2. The molecule has 4 aromatic rings. The Labute approximate surface area is 244 Å². The van der Waals surface area contributed by atoms with Gasteiger partial charge in [-0.15, -0.1) is 0 Å². The predicted molar refractivity (Wildman–Crippen MR) is 154 cm³/mol. The summed E-state index contributed by atoms with van der Waals surface area (Å²) in [6.45, 7) is 2.16. The second kappa shape index (κ2) is 13.1. The van der Waals surface area contributed by atoms with Crippen LogP contribution in [-0.2, 0) is 20.7 Å². The van der Waals surface area contributed by atoms with Gasteiger partial charge >= 0.3 is 18.2 Å². The number of aliphatic carboxylic acids is 1. The highest BCUT2D eigenvalue weighted by molar-refractivity contribution is 5.94. The van der Waals surface area contributed by atoms with E-state index >= 15 is 0 Å². The number of halogens is 3. The van der Waals surface area contributed by atoms with Gasteiger partial charge in [-0.05, 0) is 65.4 Å². The van der Waals surface area contributed by atoms with Gasteiger partial charge in [0.15, 0.2) is 0 Å². The first-order valence-electron chi connectivity index (χ1n) is 13.0. The van der Waals surface area contributed by atoms with E-state index in [1.165, 1.54) is 0 Å². The number of carboxylic acid groups (broad SMARTS) is 1. The molecule has 0 aliphatic carbocycles. The number of nitrogens with zero attached hydrogens (tertiary/aromatic N) is 1. The summed E-state index contributed by atoms with van der Waals surface area (Å²) >= 11 is 0. The van der Waals surface area contributed by atoms with E-state index < -0.39 is 24.3 Å². The molecule has 3 heterocycles. The molecule has 1 aromatic heterocycles. The monoisotopic (exact) mass is 595 g/mol. The molecule has 13 heteroatoms. The molecular formula is C30H28F3N5O5. The minimum atomic E-state index is -5.08. The van der Waals surface area contributed by atoms with E-state index in [0.29, 0.717) is 17.9 Å². The van der Waals surface area contributed by atoms with Gasteiger partial charge in [-0.25, -0.2) is 14.6 Å². The van der Waals surface area contributed by atoms with Gasteiger partial charge in [-0.2, -0.15) is 13.2 Å². The molecular weight excluding hydrogens is 567 g/mol. The molecule has 2 aliphatic rings. The number of aromatic nitrogens is 1. The summed E-state index contributed by atoms with van der Waals surface area (Å²) in [6.07, 6.45) is -3.36. The molecule has 0 radical (unpaired) electrons. The summed E-state index contributed by atoms with van der Waals surface area (Å²) in [6, 6.07) is 21.8. The van der Waals surface area contributed by atoms with E-state index in [0.717, 1.165) is 33.2 Å². The molecule has 2 atom stereocenters. The summed E-state index contributed by atoms with van der Waals surface area (Å²) in [5, 5.41) is 18.2. The van der Waals surface area contributed by atoms with Crippen molar-refractivity contribution in [1.29, 1.82) is 0 Å². The number of carboxylic acids is 1. The molecule has 0 saturated carbocycles. The van der Waals surface area contributed by atoms with Crippen LogP contribution < -0.4 is 21.7 Å². The average Bonchev–Trinajstić information content (AvgIpc) is 2.96. The van der Waals surface area contributed by atoms with Crippen molar-refractivity contribution in [2.24, 2.45) is 0 Å². The molecule has 4 bridgehead atoms. The number of nitrogens with two attached hydrogens (primary N) is 1. The maximum absolute atomic E-state index is 13.6. The summed E-state index contributed by atoms with van der Waals surface area (Å²) in [7, 11) is 0. The van der Waals surface area contributed by atoms with Gasteiger partial charge in [0.05, 0.1) is 12.6 Å². The highest BCUT2D eigenvalue weighted by atomic mass is 19.4. The lowest BCUT2D eigenvalue weighted by molar-refractivity contribution is -0.192. The van der Waals surface area contributed by atoms with Crippen molar-refractivity contribution in [2.75, 3.05) is 23.0 Å². The highest BCUT2D eigenvalue weighted by Crippen LogP contribution is 2.27. The minimum Gasteiger partial charge on any atom is -0.475 e. The van der Waals surface area contributed by atoms with Crippen LogP contribution in [0.25, 0.3) is 10.8 Å². The van der Waals surface area contributed by atoms with Crippen molar-refractivity contribution >= 4 is 45.9 Å². The lowest BCUT2D eigenvalue weighted by Gasteiger charge is -2.24. The number of carbonyl (C=O) groups excluding carboxylic acids is 2. The number of ether oxygens (including phenoxy) is 1. The van der Waals surface area contributed by atoms with Crippen molar-refractivity contribution in [1.82, 2.24) is 10.3 Å². The number of fused-ring (bicyclic) bond motifs is 10. The number of alkyl halides is 3. The zero-order valence-electron chi connectivity index (χ0n) is 22.8. The number of anilines is 3. The van der Waals surface area contributed by atoms with Crippen LogP contribution in [0.3, 0.4) is 0 Å². The standard InChI is InChI=1S/C28H27N5O3.C2HF3O2/c1-17-20-3-2-4-22(15-20)33-28(35)36-14-12-18-5-7-19(8-6-18)25(27(34)31-17)32-23-9-10-24-21(16-23)11-13-30-26(24)29;3-2(4,5)1(6)7/h2-11,13,15-17,25,32H,12,14H2,1H3,(H2,29,30)(H,31,34)(H,33,35);(H,6,7)/t17-,25?;/m1./s1. The summed E-state index contributed by atoms with van der Waals surface area (Å²) < 4.78 is 37.1. The van der Waals surface area contributed by atoms with E-state index in [4.69, 9.17) is 20.4 Å². The molecule has 3 aromatic carbocycles. The molecule has 0 spiro atoms. The lowest BCUT2D eigenvalue weighted by atomic mass is 10.0. The fourth-order valence-electron chi connectivity index (χ4n) is 4.32. The fraction of sp³-hybridized carbons (Fsp3) is 0.200. The topological polar surface area (TPSA) is 156 Å². The smallest absolute Gasteiger partial charge is 0.475 e. The first kappa shape index (κ1) is 30.6. The van der Waals surface area contributed by atoms with Gasteiger partial charge in [0.1, 0.15) is 11.9 Å². The highest BCUT2D eigenvalue weighted by Gasteiger charge is 2.38. The predicted octanol–water partition coefficient (Wildman–Crippen LogP) is 5.59. The fourth-order valence-corrected chi connectivity index (χ4v) is 4.32. The quantitative estimate of drug-likeness (QED) is 0.201. The van der Waals surface area contributed by atoms with Gasteiger partial charge < -0.3 is 26.2 Å². The number of rotatable bonds is 2. The number of pyridine rings is 1. The zero-order valence-corrected chi connectivity index (χ0v) is 22.8. The largest absolute Gasteiger partial charge is 0.490 e. The second-order valence-electron chi connectivity index (χ2n) is 9.62. The Hall–Kier alpha value is -5.33.